The Morgan fingerprint density at radius 2 is 2.00 bits per heavy atom. The van der Waals surface area contributed by atoms with Crippen LogP contribution in [-0.2, 0) is 4.79 Å². The molecule has 4 heteroatoms. The smallest absolute Gasteiger partial charge is 0.872 e. The Balaban J connectivity index is 0.00000144. The van der Waals surface area contributed by atoms with Gasteiger partial charge in [-0.1, -0.05) is 24.3 Å². The van der Waals surface area contributed by atoms with Crippen molar-refractivity contribution < 1.29 is 44.6 Å². The van der Waals surface area contributed by atoms with Gasteiger partial charge < -0.3 is 10.2 Å². The Bertz CT molecular complexity index is 299. The van der Waals surface area contributed by atoms with Gasteiger partial charge in [0.05, 0.1) is 5.92 Å². The summed E-state index contributed by atoms with van der Waals surface area (Å²) >= 11 is 0. The van der Waals surface area contributed by atoms with Crippen LogP contribution < -0.4 is 34.7 Å². The fourth-order valence-corrected chi connectivity index (χ4v) is 0.971. The van der Waals surface area contributed by atoms with Crippen molar-refractivity contribution in [1.82, 2.24) is 0 Å². The Labute approximate surface area is 98.7 Å². The Morgan fingerprint density at radius 1 is 1.46 bits per heavy atom. The van der Waals surface area contributed by atoms with E-state index >= 15 is 0 Å². The molecule has 0 amide bonds. The number of carboxylic acid groups (broad SMARTS) is 1. The number of carbonyl (C=O) groups is 1. The van der Waals surface area contributed by atoms with E-state index in [4.69, 9.17) is 5.11 Å². The number of para-hydroxylation sites is 1. The monoisotopic (exact) mass is 188 g/mol. The van der Waals surface area contributed by atoms with Crippen LogP contribution in [0.15, 0.2) is 24.3 Å². The number of benzene rings is 1. The normalized spacial score (nSPS) is 11.5. The first-order valence-electron chi connectivity index (χ1n) is 3.61. The molecule has 1 atom stereocenters. The summed E-state index contributed by atoms with van der Waals surface area (Å²) in [4.78, 5) is 10.5. The molecule has 0 spiro atoms. The van der Waals surface area contributed by atoms with Crippen molar-refractivity contribution in [2.75, 3.05) is 0 Å². The second kappa shape index (κ2) is 5.27. The van der Waals surface area contributed by atoms with E-state index in [1.807, 2.05) is 0 Å². The SMILES string of the molecule is CC(C(=O)O)c1ccccc1[O-].[Na+]. The fraction of sp³-hybridized carbons (Fsp3) is 0.222. The minimum atomic E-state index is -0.974. The number of carboxylic acids is 1. The van der Waals surface area contributed by atoms with Crippen LogP contribution in [-0.4, -0.2) is 11.1 Å². The predicted molar refractivity (Wildman–Crippen MR) is 41.9 cm³/mol. The van der Waals surface area contributed by atoms with Crippen LogP contribution >= 0.6 is 0 Å². The van der Waals surface area contributed by atoms with E-state index in [1.165, 1.54) is 13.0 Å². The maximum Gasteiger partial charge on any atom is 1.00 e. The van der Waals surface area contributed by atoms with Gasteiger partial charge in [-0.2, -0.15) is 0 Å². The Morgan fingerprint density at radius 3 is 2.46 bits per heavy atom. The van der Waals surface area contributed by atoms with Crippen LogP contribution in [0.25, 0.3) is 0 Å². The minimum Gasteiger partial charge on any atom is -0.872 e. The molecule has 0 aliphatic carbocycles. The molecule has 0 aliphatic rings. The summed E-state index contributed by atoms with van der Waals surface area (Å²) in [6, 6.07) is 6.17. The predicted octanol–water partition coefficient (Wildman–Crippen LogP) is -2.05. The van der Waals surface area contributed by atoms with Crippen molar-refractivity contribution in [3.63, 3.8) is 0 Å². The summed E-state index contributed by atoms with van der Waals surface area (Å²) in [6.45, 7) is 1.50. The number of hydrogen-bond donors (Lipinski definition) is 1. The first-order valence-corrected chi connectivity index (χ1v) is 3.61. The van der Waals surface area contributed by atoms with Crippen molar-refractivity contribution in [1.29, 1.82) is 0 Å². The molecule has 0 radical (unpaired) electrons. The Kier molecular flexibility index (Phi) is 5.06. The molecule has 0 saturated carbocycles. The molecule has 0 aliphatic heterocycles. The van der Waals surface area contributed by atoms with Gasteiger partial charge in [-0.15, -0.1) is 5.75 Å². The van der Waals surface area contributed by atoms with E-state index in [0.717, 1.165) is 0 Å². The van der Waals surface area contributed by atoms with Gasteiger partial charge in [-0.3, -0.25) is 4.79 Å². The summed E-state index contributed by atoms with van der Waals surface area (Å²) in [7, 11) is 0. The van der Waals surface area contributed by atoms with Gasteiger partial charge in [-0.25, -0.2) is 0 Å². The van der Waals surface area contributed by atoms with E-state index in [9.17, 15) is 9.90 Å². The van der Waals surface area contributed by atoms with E-state index in [0.29, 0.717) is 5.56 Å². The van der Waals surface area contributed by atoms with E-state index in [2.05, 4.69) is 0 Å². The molecule has 0 heterocycles. The van der Waals surface area contributed by atoms with Crippen molar-refractivity contribution >= 4 is 5.97 Å². The molecule has 1 aromatic rings. The third kappa shape index (κ3) is 3.03. The summed E-state index contributed by atoms with van der Waals surface area (Å²) < 4.78 is 0. The molecular formula is C9H9NaO3. The average molecular weight is 188 g/mol. The van der Waals surface area contributed by atoms with Gasteiger partial charge in [-0.05, 0) is 12.5 Å². The molecule has 0 fully saturated rings. The molecule has 1 N–H and O–H groups in total. The number of rotatable bonds is 2. The summed E-state index contributed by atoms with van der Waals surface area (Å²) in [5.74, 6) is -1.91. The second-order valence-electron chi connectivity index (χ2n) is 2.60. The van der Waals surface area contributed by atoms with Crippen LogP contribution in [0.5, 0.6) is 5.75 Å². The van der Waals surface area contributed by atoms with Gasteiger partial charge in [0, 0.05) is 0 Å². The second-order valence-corrected chi connectivity index (χ2v) is 2.60. The molecule has 0 saturated heterocycles. The van der Waals surface area contributed by atoms with Crippen LogP contribution in [0.1, 0.15) is 18.4 Å². The molecule has 3 nitrogen and oxygen atoms in total. The van der Waals surface area contributed by atoms with Gasteiger partial charge in [0.25, 0.3) is 0 Å². The zero-order chi connectivity index (χ0) is 9.14. The van der Waals surface area contributed by atoms with E-state index < -0.39 is 11.9 Å². The zero-order valence-electron chi connectivity index (χ0n) is 7.65. The van der Waals surface area contributed by atoms with Gasteiger partial charge in [0.2, 0.25) is 0 Å². The van der Waals surface area contributed by atoms with Gasteiger partial charge in [0.15, 0.2) is 0 Å². The molecule has 0 bridgehead atoms. The van der Waals surface area contributed by atoms with E-state index in [-0.39, 0.29) is 35.3 Å². The van der Waals surface area contributed by atoms with Gasteiger partial charge >= 0.3 is 35.5 Å². The molecule has 64 valence electrons. The first-order chi connectivity index (χ1) is 5.63. The maximum atomic E-state index is 11.1. The summed E-state index contributed by atoms with van der Waals surface area (Å²) in [6.07, 6.45) is 0. The molecule has 0 aromatic heterocycles. The first kappa shape index (κ1) is 12.5. The summed E-state index contributed by atoms with van der Waals surface area (Å²) in [5.41, 5.74) is 0.338. The van der Waals surface area contributed by atoms with Crippen LogP contribution in [0.4, 0.5) is 0 Å². The topological polar surface area (TPSA) is 60.4 Å². The van der Waals surface area contributed by atoms with Crippen LogP contribution in [0.3, 0.4) is 0 Å². The third-order valence-corrected chi connectivity index (χ3v) is 1.76. The molecular weight excluding hydrogens is 179 g/mol. The molecule has 1 unspecified atom stereocenters. The average Bonchev–Trinajstić information content (AvgIpc) is 2.04. The standard InChI is InChI=1S/C9H10O3.Na/c1-6(9(11)12)7-4-2-3-5-8(7)10;/h2-6,10H,1H3,(H,11,12);/q;+1/p-1. The third-order valence-electron chi connectivity index (χ3n) is 1.76. The largest absolute Gasteiger partial charge is 1.00 e. The summed E-state index contributed by atoms with van der Waals surface area (Å²) in [5, 5.41) is 19.7. The van der Waals surface area contributed by atoms with Crippen molar-refractivity contribution in [2.45, 2.75) is 12.8 Å². The Hall–Kier alpha value is -0.510. The van der Waals surface area contributed by atoms with E-state index in [1.54, 1.807) is 18.2 Å². The maximum absolute atomic E-state index is 11.1. The zero-order valence-corrected chi connectivity index (χ0v) is 9.65. The minimum absolute atomic E-state index is 0. The van der Waals surface area contributed by atoms with Crippen molar-refractivity contribution in [3.8, 4) is 5.75 Å². The fourth-order valence-electron chi connectivity index (χ4n) is 0.971. The number of hydrogen-bond acceptors (Lipinski definition) is 2. The van der Waals surface area contributed by atoms with Crippen LogP contribution in [0, 0.1) is 0 Å². The van der Waals surface area contributed by atoms with Crippen LogP contribution in [0.2, 0.25) is 0 Å². The van der Waals surface area contributed by atoms with Crippen molar-refractivity contribution in [2.24, 2.45) is 0 Å². The van der Waals surface area contributed by atoms with Gasteiger partial charge in [0.1, 0.15) is 0 Å². The quantitative estimate of drug-likeness (QED) is 0.543. The number of aliphatic carboxylic acids is 1. The molecule has 1 rings (SSSR count). The van der Waals surface area contributed by atoms with Crippen molar-refractivity contribution in [3.05, 3.63) is 29.8 Å². The molecule has 13 heavy (non-hydrogen) atoms. The molecule has 1 aromatic carbocycles.